The molecule has 194 valence electrons. The van der Waals surface area contributed by atoms with Gasteiger partial charge in [0.1, 0.15) is 13.2 Å². The first-order chi connectivity index (χ1) is 18.2. The van der Waals surface area contributed by atoms with Gasteiger partial charge in [0.05, 0.1) is 22.5 Å². The van der Waals surface area contributed by atoms with Crippen molar-refractivity contribution in [2.45, 2.75) is 6.61 Å². The molecule has 12 heteroatoms. The van der Waals surface area contributed by atoms with Gasteiger partial charge in [-0.15, -0.1) is 0 Å². The predicted molar refractivity (Wildman–Crippen MR) is 151 cm³/mol. The van der Waals surface area contributed by atoms with Crippen LogP contribution in [0.4, 0.5) is 16.2 Å². The third-order valence-electron chi connectivity index (χ3n) is 5.36. The number of hydrogen-bond donors (Lipinski definition) is 1. The van der Waals surface area contributed by atoms with Crippen LogP contribution in [0.5, 0.6) is 11.5 Å². The number of benzene rings is 3. The number of thioether (sulfide) groups is 1. The average Bonchev–Trinajstić information content (AvgIpc) is 3.16. The molecule has 0 spiro atoms. The smallest absolute Gasteiger partial charge is 0.294 e. The van der Waals surface area contributed by atoms with Crippen molar-refractivity contribution in [1.82, 2.24) is 4.90 Å². The van der Waals surface area contributed by atoms with Crippen LogP contribution >= 0.6 is 34.4 Å². The minimum Gasteiger partial charge on any atom is -0.493 e. The molecule has 0 aromatic heterocycles. The summed E-state index contributed by atoms with van der Waals surface area (Å²) in [7, 11) is 1.44. The van der Waals surface area contributed by atoms with Crippen LogP contribution in [0.2, 0.25) is 0 Å². The number of methoxy groups -OCH3 is 1. The topological polar surface area (TPSA) is 128 Å². The van der Waals surface area contributed by atoms with Crippen molar-refractivity contribution in [2.24, 2.45) is 0 Å². The Morgan fingerprint density at radius 2 is 1.84 bits per heavy atom. The number of carbonyl (C=O) groups is 3. The SMILES string of the molecule is COc1cc(/C=C2\SC(=O)N(CC(=O)Nc3ccc(I)cc3)C2=O)ccc1OCc1ccccc1[N+](=O)[O-]. The molecule has 10 nitrogen and oxygen atoms in total. The van der Waals surface area contributed by atoms with Crippen molar-refractivity contribution in [2.75, 3.05) is 19.0 Å². The molecule has 0 saturated carbocycles. The Kier molecular flexibility index (Phi) is 8.63. The third-order valence-corrected chi connectivity index (χ3v) is 6.99. The van der Waals surface area contributed by atoms with Crippen LogP contribution in [0.3, 0.4) is 0 Å². The van der Waals surface area contributed by atoms with E-state index < -0.39 is 28.5 Å². The molecular weight excluding hydrogens is 625 g/mol. The van der Waals surface area contributed by atoms with E-state index in [2.05, 4.69) is 27.9 Å². The second-order valence-electron chi connectivity index (χ2n) is 7.91. The molecule has 0 aliphatic carbocycles. The van der Waals surface area contributed by atoms with Crippen molar-refractivity contribution in [1.29, 1.82) is 0 Å². The lowest BCUT2D eigenvalue weighted by atomic mass is 10.1. The maximum Gasteiger partial charge on any atom is 0.294 e. The van der Waals surface area contributed by atoms with Gasteiger partial charge in [0.25, 0.3) is 16.8 Å². The molecule has 1 aliphatic rings. The number of nitrogens with zero attached hydrogens (tertiary/aromatic N) is 2. The number of rotatable bonds is 9. The van der Waals surface area contributed by atoms with Crippen molar-refractivity contribution in [3.63, 3.8) is 0 Å². The van der Waals surface area contributed by atoms with E-state index in [0.29, 0.717) is 28.3 Å². The molecule has 3 aromatic rings. The normalized spacial score (nSPS) is 14.1. The van der Waals surface area contributed by atoms with Gasteiger partial charge in [-0.25, -0.2) is 0 Å². The molecule has 1 aliphatic heterocycles. The molecule has 3 aromatic carbocycles. The van der Waals surface area contributed by atoms with E-state index in [4.69, 9.17) is 9.47 Å². The highest BCUT2D eigenvalue weighted by atomic mass is 127. The van der Waals surface area contributed by atoms with E-state index in [1.807, 2.05) is 12.1 Å². The number of carbonyl (C=O) groups excluding carboxylic acids is 3. The van der Waals surface area contributed by atoms with Gasteiger partial charge in [-0.3, -0.25) is 29.4 Å². The minimum atomic E-state index is -0.576. The molecule has 3 amide bonds. The van der Waals surface area contributed by atoms with Crippen LogP contribution in [0.25, 0.3) is 6.08 Å². The third kappa shape index (κ3) is 6.50. The summed E-state index contributed by atoms with van der Waals surface area (Å²) >= 11 is 2.88. The summed E-state index contributed by atoms with van der Waals surface area (Å²) < 4.78 is 12.2. The Hall–Kier alpha value is -3.91. The van der Waals surface area contributed by atoms with Crippen LogP contribution in [-0.4, -0.2) is 40.5 Å². The number of ether oxygens (including phenoxy) is 2. The fourth-order valence-corrected chi connectivity index (χ4v) is 4.72. The molecule has 1 fully saturated rings. The van der Waals surface area contributed by atoms with Gasteiger partial charge in [0.15, 0.2) is 11.5 Å². The van der Waals surface area contributed by atoms with Crippen LogP contribution in [0.15, 0.2) is 71.6 Å². The van der Waals surface area contributed by atoms with Crippen molar-refractivity contribution >= 4 is 68.9 Å². The second-order valence-corrected chi connectivity index (χ2v) is 10.1. The number of anilines is 1. The van der Waals surface area contributed by atoms with Crippen molar-refractivity contribution in [3.05, 3.63) is 96.4 Å². The van der Waals surface area contributed by atoms with E-state index in [1.54, 1.807) is 48.5 Å². The number of amides is 3. The number of para-hydroxylation sites is 1. The number of hydrogen-bond acceptors (Lipinski definition) is 8. The molecule has 0 unspecified atom stereocenters. The maximum atomic E-state index is 12.8. The first kappa shape index (κ1) is 27.1. The number of nitro groups is 1. The number of nitrogens with one attached hydrogen (secondary N) is 1. The zero-order valence-electron chi connectivity index (χ0n) is 19.9. The first-order valence-electron chi connectivity index (χ1n) is 11.1. The minimum absolute atomic E-state index is 0.0456. The fraction of sp³-hybridized carbons (Fsp3) is 0.115. The lowest BCUT2D eigenvalue weighted by Gasteiger charge is -2.13. The van der Waals surface area contributed by atoms with Gasteiger partial charge in [0.2, 0.25) is 5.91 Å². The van der Waals surface area contributed by atoms with Gasteiger partial charge in [0, 0.05) is 15.3 Å². The summed E-state index contributed by atoms with van der Waals surface area (Å²) in [5.74, 6) is -0.373. The van der Waals surface area contributed by atoms with E-state index in [-0.39, 0.29) is 17.2 Å². The van der Waals surface area contributed by atoms with E-state index in [0.717, 1.165) is 20.2 Å². The molecule has 38 heavy (non-hydrogen) atoms. The number of imide groups is 1. The highest BCUT2D eigenvalue weighted by Crippen LogP contribution is 2.35. The summed E-state index contributed by atoms with van der Waals surface area (Å²) in [5.41, 5.74) is 1.48. The van der Waals surface area contributed by atoms with E-state index in [1.165, 1.54) is 19.3 Å². The summed E-state index contributed by atoms with van der Waals surface area (Å²) in [6, 6.07) is 18.3. The standard InChI is InChI=1S/C26H20IN3O7S/c1-36-22-12-16(6-11-21(22)37-15-17-4-2-3-5-20(17)30(34)35)13-23-25(32)29(26(33)38-23)14-24(31)28-19-9-7-18(27)8-10-19/h2-13H,14-15H2,1H3,(H,28,31)/b23-13-. The summed E-state index contributed by atoms with van der Waals surface area (Å²) in [6.45, 7) is -0.453. The highest BCUT2D eigenvalue weighted by Gasteiger charge is 2.36. The van der Waals surface area contributed by atoms with Gasteiger partial charge in [-0.1, -0.05) is 18.2 Å². The Morgan fingerprint density at radius 3 is 2.55 bits per heavy atom. The molecule has 1 heterocycles. The van der Waals surface area contributed by atoms with Crippen molar-refractivity contribution < 1.29 is 28.8 Å². The first-order valence-corrected chi connectivity index (χ1v) is 13.0. The van der Waals surface area contributed by atoms with E-state index >= 15 is 0 Å². The Balaban J connectivity index is 1.44. The quantitative estimate of drug-likeness (QED) is 0.141. The Labute approximate surface area is 235 Å². The molecular formula is C26H20IN3O7S. The fourth-order valence-electron chi connectivity index (χ4n) is 3.52. The predicted octanol–water partition coefficient (Wildman–Crippen LogP) is 5.46. The van der Waals surface area contributed by atoms with Gasteiger partial charge in [-0.05, 0) is 88.5 Å². The molecule has 0 atom stereocenters. The Bertz CT molecular complexity index is 1440. The molecule has 4 rings (SSSR count). The largest absolute Gasteiger partial charge is 0.493 e. The molecule has 1 N–H and O–H groups in total. The molecule has 0 radical (unpaired) electrons. The van der Waals surface area contributed by atoms with Crippen LogP contribution in [0, 0.1) is 13.7 Å². The van der Waals surface area contributed by atoms with Crippen LogP contribution in [-0.2, 0) is 16.2 Å². The summed E-state index contributed by atoms with van der Waals surface area (Å²) in [4.78, 5) is 49.5. The molecule has 1 saturated heterocycles. The monoisotopic (exact) mass is 645 g/mol. The highest BCUT2D eigenvalue weighted by molar-refractivity contribution is 14.1. The second kappa shape index (κ2) is 12.1. The summed E-state index contributed by atoms with van der Waals surface area (Å²) in [6.07, 6.45) is 1.52. The average molecular weight is 645 g/mol. The number of nitro benzene ring substituents is 1. The maximum absolute atomic E-state index is 12.8. The zero-order chi connectivity index (χ0) is 27.2. The van der Waals surface area contributed by atoms with Gasteiger partial charge in [-0.2, -0.15) is 0 Å². The number of halogens is 1. The lowest BCUT2D eigenvalue weighted by Crippen LogP contribution is -2.36. The molecule has 0 bridgehead atoms. The van der Waals surface area contributed by atoms with Crippen LogP contribution in [0.1, 0.15) is 11.1 Å². The van der Waals surface area contributed by atoms with Gasteiger partial charge >= 0.3 is 0 Å². The van der Waals surface area contributed by atoms with Gasteiger partial charge < -0.3 is 14.8 Å². The summed E-state index contributed by atoms with van der Waals surface area (Å²) in [5, 5.41) is 13.4. The Morgan fingerprint density at radius 1 is 1.11 bits per heavy atom. The lowest BCUT2D eigenvalue weighted by molar-refractivity contribution is -0.385. The van der Waals surface area contributed by atoms with Crippen molar-refractivity contribution in [3.8, 4) is 11.5 Å². The van der Waals surface area contributed by atoms with E-state index in [9.17, 15) is 24.5 Å². The van der Waals surface area contributed by atoms with Crippen LogP contribution < -0.4 is 14.8 Å². The zero-order valence-corrected chi connectivity index (χ0v) is 22.9.